The van der Waals surface area contributed by atoms with Crippen LogP contribution in [0.1, 0.15) is 6.92 Å². The molecule has 0 aromatic heterocycles. The lowest BCUT2D eigenvalue weighted by Gasteiger charge is -2.05. The van der Waals surface area contributed by atoms with Gasteiger partial charge in [0.1, 0.15) is 0 Å². The summed E-state index contributed by atoms with van der Waals surface area (Å²) in [6.07, 6.45) is 0. The molecule has 0 fully saturated rings. The van der Waals surface area contributed by atoms with Crippen LogP contribution in [0.5, 0.6) is 0 Å². The first-order chi connectivity index (χ1) is 7.44. The molecule has 0 radical (unpaired) electrons. The summed E-state index contributed by atoms with van der Waals surface area (Å²) in [7, 11) is -2.90. The average Bonchev–Trinajstić information content (AvgIpc) is 2.21. The van der Waals surface area contributed by atoms with Crippen molar-refractivity contribution in [1.29, 1.82) is 0 Å². The van der Waals surface area contributed by atoms with Gasteiger partial charge >= 0.3 is 0 Å². The number of benzene rings is 1. The monoisotopic (exact) mass is 279 g/mol. The minimum Gasteiger partial charge on any atom is -0.399 e. The van der Waals surface area contributed by atoms with Gasteiger partial charge in [0, 0.05) is 22.1 Å². The highest BCUT2D eigenvalue weighted by Gasteiger charge is 2.08. The van der Waals surface area contributed by atoms with Crippen molar-refractivity contribution in [2.75, 3.05) is 23.0 Å². The van der Waals surface area contributed by atoms with Crippen molar-refractivity contribution in [2.45, 2.75) is 11.8 Å². The Balaban J connectivity index is 2.56. The highest BCUT2D eigenvalue weighted by atomic mass is 35.5. The largest absolute Gasteiger partial charge is 0.399 e. The van der Waals surface area contributed by atoms with Gasteiger partial charge in [0.2, 0.25) is 0 Å². The molecule has 6 heteroatoms. The van der Waals surface area contributed by atoms with E-state index < -0.39 is 9.84 Å². The quantitative estimate of drug-likeness (QED) is 0.664. The Labute approximate surface area is 105 Å². The summed E-state index contributed by atoms with van der Waals surface area (Å²) in [6, 6.07) is 5.22. The van der Waals surface area contributed by atoms with Crippen molar-refractivity contribution in [3.05, 3.63) is 23.2 Å². The van der Waals surface area contributed by atoms with Gasteiger partial charge in [0.05, 0.1) is 10.8 Å². The number of nitrogen functional groups attached to an aromatic ring is 1. The van der Waals surface area contributed by atoms with Crippen LogP contribution < -0.4 is 5.73 Å². The number of hydrogen-bond donors (Lipinski definition) is 1. The van der Waals surface area contributed by atoms with E-state index in [-0.39, 0.29) is 11.5 Å². The van der Waals surface area contributed by atoms with Gasteiger partial charge in [0.15, 0.2) is 9.84 Å². The van der Waals surface area contributed by atoms with Crippen molar-refractivity contribution in [2.24, 2.45) is 0 Å². The van der Waals surface area contributed by atoms with Gasteiger partial charge in [-0.3, -0.25) is 0 Å². The van der Waals surface area contributed by atoms with E-state index in [4.69, 9.17) is 17.3 Å². The fourth-order valence-electron chi connectivity index (χ4n) is 1.06. The molecule has 0 bridgehead atoms. The number of sulfone groups is 1. The summed E-state index contributed by atoms with van der Waals surface area (Å²) in [6.45, 7) is 1.65. The summed E-state index contributed by atoms with van der Waals surface area (Å²) in [4.78, 5) is 0.863. The van der Waals surface area contributed by atoms with E-state index in [1.165, 1.54) is 11.8 Å². The first-order valence-corrected chi connectivity index (χ1v) is 8.01. The zero-order valence-electron chi connectivity index (χ0n) is 8.94. The third kappa shape index (κ3) is 4.23. The van der Waals surface area contributed by atoms with Crippen molar-refractivity contribution in [3.63, 3.8) is 0 Å². The van der Waals surface area contributed by atoms with Crippen molar-refractivity contribution >= 4 is 38.9 Å². The maximum Gasteiger partial charge on any atom is 0.150 e. The molecule has 0 aliphatic heterocycles. The lowest BCUT2D eigenvalue weighted by molar-refractivity contribution is 0.599. The molecule has 0 aliphatic rings. The summed E-state index contributed by atoms with van der Waals surface area (Å²) < 4.78 is 22.5. The molecule has 0 amide bonds. The van der Waals surface area contributed by atoms with E-state index in [9.17, 15) is 8.42 Å². The number of anilines is 1. The van der Waals surface area contributed by atoms with E-state index in [1.807, 2.05) is 0 Å². The Bertz CT molecular complexity index is 460. The second-order valence-electron chi connectivity index (χ2n) is 3.27. The SMILES string of the molecule is CCS(=O)(=O)CCSc1ccc(N)cc1Cl. The molecule has 1 aromatic carbocycles. The van der Waals surface area contributed by atoms with Crippen LogP contribution in [0.3, 0.4) is 0 Å². The Morgan fingerprint density at radius 2 is 2.12 bits per heavy atom. The molecule has 0 saturated carbocycles. The van der Waals surface area contributed by atoms with Crippen LogP contribution in [0.4, 0.5) is 5.69 Å². The van der Waals surface area contributed by atoms with Crippen LogP contribution in [0.25, 0.3) is 0 Å². The first-order valence-electron chi connectivity index (χ1n) is 4.83. The topological polar surface area (TPSA) is 60.2 Å². The number of nitrogens with two attached hydrogens (primary N) is 1. The molecule has 1 aromatic rings. The Kier molecular flexibility index (Phi) is 4.95. The Morgan fingerprint density at radius 3 is 2.69 bits per heavy atom. The van der Waals surface area contributed by atoms with Gasteiger partial charge in [-0.15, -0.1) is 11.8 Å². The molecule has 0 saturated heterocycles. The maximum atomic E-state index is 11.3. The molecule has 0 heterocycles. The number of halogens is 1. The molecule has 0 atom stereocenters. The highest BCUT2D eigenvalue weighted by Crippen LogP contribution is 2.28. The molecule has 90 valence electrons. The summed E-state index contributed by atoms with van der Waals surface area (Å²) in [5.74, 6) is 0.873. The molecule has 2 N–H and O–H groups in total. The van der Waals surface area contributed by atoms with Crippen LogP contribution in [0, 0.1) is 0 Å². The molecular weight excluding hydrogens is 266 g/mol. The molecule has 0 spiro atoms. The standard InChI is InChI=1S/C10H14ClNO2S2/c1-2-16(13,14)6-5-15-10-4-3-8(12)7-9(10)11/h3-4,7H,2,5-6,12H2,1H3. The van der Waals surface area contributed by atoms with Crippen LogP contribution in [0.15, 0.2) is 23.1 Å². The second-order valence-corrected chi connectivity index (χ2v) is 7.29. The van der Waals surface area contributed by atoms with Gasteiger partial charge in [-0.2, -0.15) is 0 Å². The zero-order chi connectivity index (χ0) is 12.2. The Hall–Kier alpha value is -0.390. The van der Waals surface area contributed by atoms with Crippen molar-refractivity contribution in [1.82, 2.24) is 0 Å². The van der Waals surface area contributed by atoms with Crippen LogP contribution >= 0.6 is 23.4 Å². The molecule has 0 unspecified atom stereocenters. The van der Waals surface area contributed by atoms with Crippen molar-refractivity contribution < 1.29 is 8.42 Å². The van der Waals surface area contributed by atoms with Crippen LogP contribution in [0.2, 0.25) is 5.02 Å². The molecule has 3 nitrogen and oxygen atoms in total. The first kappa shape index (κ1) is 13.7. The predicted octanol–water partition coefficient (Wildman–Crippen LogP) is 2.45. The minimum atomic E-state index is -2.90. The molecule has 1 rings (SSSR count). The highest BCUT2D eigenvalue weighted by molar-refractivity contribution is 8.00. The van der Waals surface area contributed by atoms with Crippen LogP contribution in [-0.2, 0) is 9.84 Å². The molecular formula is C10H14ClNO2S2. The normalized spacial score (nSPS) is 11.6. The third-order valence-corrected chi connectivity index (χ3v) is 5.51. The Morgan fingerprint density at radius 1 is 1.44 bits per heavy atom. The van der Waals surface area contributed by atoms with E-state index in [0.717, 1.165) is 4.90 Å². The average molecular weight is 280 g/mol. The lowest BCUT2D eigenvalue weighted by Crippen LogP contribution is -2.10. The number of thioether (sulfide) groups is 1. The number of hydrogen-bond acceptors (Lipinski definition) is 4. The maximum absolute atomic E-state index is 11.3. The zero-order valence-corrected chi connectivity index (χ0v) is 11.3. The van der Waals surface area contributed by atoms with Gasteiger partial charge in [-0.25, -0.2) is 8.42 Å². The second kappa shape index (κ2) is 5.80. The van der Waals surface area contributed by atoms with E-state index in [2.05, 4.69) is 0 Å². The molecule has 16 heavy (non-hydrogen) atoms. The lowest BCUT2D eigenvalue weighted by atomic mass is 10.3. The van der Waals surface area contributed by atoms with Gasteiger partial charge in [0.25, 0.3) is 0 Å². The number of rotatable bonds is 5. The van der Waals surface area contributed by atoms with E-state index in [1.54, 1.807) is 25.1 Å². The van der Waals surface area contributed by atoms with Gasteiger partial charge in [-0.05, 0) is 18.2 Å². The van der Waals surface area contributed by atoms with Crippen molar-refractivity contribution in [3.8, 4) is 0 Å². The molecule has 0 aliphatic carbocycles. The van der Waals surface area contributed by atoms with Gasteiger partial charge < -0.3 is 5.73 Å². The summed E-state index contributed by atoms with van der Waals surface area (Å²) in [5, 5.41) is 0.568. The third-order valence-electron chi connectivity index (χ3n) is 2.05. The fraction of sp³-hybridized carbons (Fsp3) is 0.400. The fourth-order valence-corrected chi connectivity index (χ4v) is 3.63. The summed E-state index contributed by atoms with van der Waals surface area (Å²) in [5.41, 5.74) is 6.16. The van der Waals surface area contributed by atoms with E-state index in [0.29, 0.717) is 16.5 Å². The summed E-state index contributed by atoms with van der Waals surface area (Å²) >= 11 is 7.39. The predicted molar refractivity (Wildman–Crippen MR) is 70.9 cm³/mol. The van der Waals surface area contributed by atoms with Crippen LogP contribution in [-0.4, -0.2) is 25.7 Å². The van der Waals surface area contributed by atoms with E-state index >= 15 is 0 Å². The smallest absolute Gasteiger partial charge is 0.150 e. The van der Waals surface area contributed by atoms with Gasteiger partial charge in [-0.1, -0.05) is 18.5 Å². The minimum absolute atomic E-state index is 0.175.